The minimum atomic E-state index is -0.348. The molecule has 6 nitrogen and oxygen atoms in total. The van der Waals surface area contributed by atoms with Crippen LogP contribution in [0.5, 0.6) is 0 Å². The summed E-state index contributed by atoms with van der Waals surface area (Å²) in [6.45, 7) is 2.89. The van der Waals surface area contributed by atoms with Crippen LogP contribution in [0, 0.1) is 0 Å². The number of likely N-dealkylation sites (N-methyl/N-ethyl adjacent to an activating group) is 1. The number of primary amides is 1. The number of hydrogen-bond donors (Lipinski definition) is 2. The first-order valence-corrected chi connectivity index (χ1v) is 10.5. The zero-order valence-corrected chi connectivity index (χ0v) is 17.9. The van der Waals surface area contributed by atoms with Crippen LogP contribution in [0.4, 0.5) is 17.2 Å². The molecular weight excluding hydrogens is 398 g/mol. The minimum absolute atomic E-state index is 0.195. The van der Waals surface area contributed by atoms with E-state index < -0.39 is 0 Å². The molecular formula is C26H25N5O. The van der Waals surface area contributed by atoms with Crippen molar-refractivity contribution >= 4 is 23.1 Å². The molecule has 4 aromatic rings. The predicted octanol–water partition coefficient (Wildman–Crippen LogP) is 4.87. The maximum atomic E-state index is 11.3. The number of anilines is 3. The fourth-order valence-corrected chi connectivity index (χ4v) is 3.55. The highest BCUT2D eigenvalue weighted by molar-refractivity contribution is 5.79. The lowest BCUT2D eigenvalue weighted by molar-refractivity contribution is -0.116. The molecule has 0 radical (unpaired) electrons. The number of carbonyl (C=O) groups excluding carboxylic acids is 1. The number of nitrogens with one attached hydrogen (secondary N) is 1. The van der Waals surface area contributed by atoms with E-state index in [1.165, 1.54) is 5.56 Å². The van der Waals surface area contributed by atoms with Crippen LogP contribution in [0.15, 0.2) is 91.3 Å². The molecule has 0 bridgehead atoms. The van der Waals surface area contributed by atoms with E-state index in [0.29, 0.717) is 12.4 Å². The Morgan fingerprint density at radius 3 is 2.31 bits per heavy atom. The van der Waals surface area contributed by atoms with Crippen LogP contribution in [0.3, 0.4) is 0 Å². The average molecular weight is 424 g/mol. The molecule has 6 heteroatoms. The molecule has 3 aromatic carbocycles. The monoisotopic (exact) mass is 423 g/mol. The second-order valence-electron chi connectivity index (χ2n) is 7.39. The molecule has 1 aromatic heterocycles. The standard InChI is InChI=1S/C26H25N5O/c1-2-31(17-25(27)32)23-13-11-22(12-14-23)30-26-16-24(28-18-29-26)21-10-6-9-20(15-21)19-7-4-3-5-8-19/h3-16,18H,2,17H2,1H3,(H2,27,32)(H,28,29,30). The molecule has 0 aliphatic heterocycles. The smallest absolute Gasteiger partial charge is 0.236 e. The van der Waals surface area contributed by atoms with Crippen molar-refractivity contribution in [1.82, 2.24) is 9.97 Å². The highest BCUT2D eigenvalue weighted by Gasteiger charge is 2.08. The van der Waals surface area contributed by atoms with E-state index >= 15 is 0 Å². The molecule has 32 heavy (non-hydrogen) atoms. The predicted molar refractivity (Wildman–Crippen MR) is 130 cm³/mol. The quantitative estimate of drug-likeness (QED) is 0.423. The van der Waals surface area contributed by atoms with Crippen LogP contribution in [0.2, 0.25) is 0 Å². The van der Waals surface area contributed by atoms with Crippen LogP contribution < -0.4 is 16.0 Å². The summed E-state index contributed by atoms with van der Waals surface area (Å²) in [5, 5.41) is 3.32. The fourth-order valence-electron chi connectivity index (χ4n) is 3.55. The second kappa shape index (κ2) is 9.75. The molecule has 3 N–H and O–H groups in total. The summed E-state index contributed by atoms with van der Waals surface area (Å²) in [6, 6.07) is 28.4. The van der Waals surface area contributed by atoms with E-state index in [1.807, 2.05) is 72.5 Å². The van der Waals surface area contributed by atoms with Gasteiger partial charge in [0.05, 0.1) is 12.2 Å². The number of hydrogen-bond acceptors (Lipinski definition) is 5. The van der Waals surface area contributed by atoms with Crippen molar-refractivity contribution in [2.24, 2.45) is 5.73 Å². The summed E-state index contributed by atoms with van der Waals surface area (Å²) < 4.78 is 0. The Hall–Kier alpha value is -4.19. The van der Waals surface area contributed by atoms with Crippen LogP contribution >= 0.6 is 0 Å². The van der Waals surface area contributed by atoms with E-state index in [9.17, 15) is 4.79 Å². The van der Waals surface area contributed by atoms with Gasteiger partial charge in [-0.05, 0) is 48.4 Å². The van der Waals surface area contributed by atoms with Gasteiger partial charge in [0.1, 0.15) is 12.1 Å². The van der Waals surface area contributed by atoms with Crippen LogP contribution in [0.25, 0.3) is 22.4 Å². The maximum absolute atomic E-state index is 11.3. The zero-order chi connectivity index (χ0) is 22.3. The maximum Gasteiger partial charge on any atom is 0.236 e. The van der Waals surface area contributed by atoms with Crippen molar-refractivity contribution < 1.29 is 4.79 Å². The summed E-state index contributed by atoms with van der Waals surface area (Å²) in [5.41, 5.74) is 11.3. The Labute approximate surface area is 187 Å². The van der Waals surface area contributed by atoms with Crippen molar-refractivity contribution in [3.63, 3.8) is 0 Å². The lowest BCUT2D eigenvalue weighted by atomic mass is 10.0. The van der Waals surface area contributed by atoms with E-state index in [0.717, 1.165) is 28.2 Å². The fraction of sp³-hybridized carbons (Fsp3) is 0.115. The molecule has 0 aliphatic carbocycles. The number of nitrogens with two attached hydrogens (primary N) is 1. The van der Waals surface area contributed by atoms with Gasteiger partial charge in [-0.1, -0.05) is 48.5 Å². The van der Waals surface area contributed by atoms with Crippen LogP contribution in [-0.2, 0) is 4.79 Å². The normalized spacial score (nSPS) is 10.5. The lowest BCUT2D eigenvalue weighted by Gasteiger charge is -2.21. The second-order valence-corrected chi connectivity index (χ2v) is 7.39. The number of amides is 1. The molecule has 0 aliphatic rings. The van der Waals surface area contributed by atoms with Gasteiger partial charge in [-0.3, -0.25) is 4.79 Å². The average Bonchev–Trinajstić information content (AvgIpc) is 2.84. The number of nitrogens with zero attached hydrogens (tertiary/aromatic N) is 3. The Bertz CT molecular complexity index is 1190. The molecule has 0 unspecified atom stereocenters. The summed E-state index contributed by atoms with van der Waals surface area (Å²) in [5.74, 6) is 0.358. The zero-order valence-electron chi connectivity index (χ0n) is 17.9. The van der Waals surface area contributed by atoms with Gasteiger partial charge >= 0.3 is 0 Å². The van der Waals surface area contributed by atoms with Gasteiger partial charge in [0.2, 0.25) is 5.91 Å². The summed E-state index contributed by atoms with van der Waals surface area (Å²) in [6.07, 6.45) is 1.56. The van der Waals surface area contributed by atoms with Gasteiger partial charge in [-0.2, -0.15) is 0 Å². The van der Waals surface area contributed by atoms with Crippen molar-refractivity contribution in [3.05, 3.63) is 91.3 Å². The third-order valence-corrected chi connectivity index (χ3v) is 5.17. The van der Waals surface area contributed by atoms with Gasteiger partial charge in [-0.25, -0.2) is 9.97 Å². The molecule has 0 saturated carbocycles. The van der Waals surface area contributed by atoms with E-state index in [-0.39, 0.29) is 12.5 Å². The number of benzene rings is 3. The van der Waals surface area contributed by atoms with Crippen molar-refractivity contribution in [2.75, 3.05) is 23.3 Å². The topological polar surface area (TPSA) is 84.1 Å². The lowest BCUT2D eigenvalue weighted by Crippen LogP contribution is -2.33. The minimum Gasteiger partial charge on any atom is -0.368 e. The van der Waals surface area contributed by atoms with E-state index in [1.54, 1.807) is 6.33 Å². The third kappa shape index (κ3) is 5.10. The highest BCUT2D eigenvalue weighted by Crippen LogP contribution is 2.27. The summed E-state index contributed by atoms with van der Waals surface area (Å²) in [4.78, 5) is 22.0. The van der Waals surface area contributed by atoms with Crippen molar-refractivity contribution in [3.8, 4) is 22.4 Å². The summed E-state index contributed by atoms with van der Waals surface area (Å²) in [7, 11) is 0. The Kier molecular flexibility index (Phi) is 6.41. The molecule has 4 rings (SSSR count). The van der Waals surface area contributed by atoms with Gasteiger partial charge in [-0.15, -0.1) is 0 Å². The van der Waals surface area contributed by atoms with E-state index in [2.05, 4.69) is 39.6 Å². The molecule has 0 fully saturated rings. The highest BCUT2D eigenvalue weighted by atomic mass is 16.1. The Morgan fingerprint density at radius 1 is 0.875 bits per heavy atom. The molecule has 1 heterocycles. The van der Waals surface area contributed by atoms with Gasteiger partial charge in [0, 0.05) is 29.5 Å². The molecule has 1 amide bonds. The van der Waals surface area contributed by atoms with Crippen LogP contribution in [0.1, 0.15) is 6.92 Å². The number of aromatic nitrogens is 2. The Morgan fingerprint density at radius 2 is 1.59 bits per heavy atom. The van der Waals surface area contributed by atoms with E-state index in [4.69, 9.17) is 5.73 Å². The van der Waals surface area contributed by atoms with Crippen LogP contribution in [-0.4, -0.2) is 29.0 Å². The molecule has 0 atom stereocenters. The molecule has 160 valence electrons. The van der Waals surface area contributed by atoms with Crippen molar-refractivity contribution in [2.45, 2.75) is 6.92 Å². The largest absolute Gasteiger partial charge is 0.368 e. The molecule has 0 spiro atoms. The SMILES string of the molecule is CCN(CC(N)=O)c1ccc(Nc2cc(-c3cccc(-c4ccccc4)c3)ncn2)cc1. The van der Waals surface area contributed by atoms with Gasteiger partial charge in [0.25, 0.3) is 0 Å². The first-order chi connectivity index (χ1) is 15.6. The van der Waals surface area contributed by atoms with Gasteiger partial charge < -0.3 is 16.0 Å². The third-order valence-electron chi connectivity index (χ3n) is 5.17. The number of carbonyl (C=O) groups is 1. The van der Waals surface area contributed by atoms with Gasteiger partial charge in [0.15, 0.2) is 0 Å². The Balaban J connectivity index is 1.52. The number of rotatable bonds is 8. The molecule has 0 saturated heterocycles. The first-order valence-electron chi connectivity index (χ1n) is 10.5. The van der Waals surface area contributed by atoms with Crippen molar-refractivity contribution in [1.29, 1.82) is 0 Å². The summed E-state index contributed by atoms with van der Waals surface area (Å²) >= 11 is 0. The first kappa shape index (κ1) is 21.1.